The first kappa shape index (κ1) is 22.4. The number of carbonyl (C=O) groups is 2. The first-order chi connectivity index (χ1) is 14.3. The van der Waals surface area contributed by atoms with Crippen LogP contribution in [-0.2, 0) is 4.79 Å². The summed E-state index contributed by atoms with van der Waals surface area (Å²) in [4.78, 5) is 26.8. The van der Waals surface area contributed by atoms with Gasteiger partial charge in [0, 0.05) is 29.7 Å². The van der Waals surface area contributed by atoms with Crippen molar-refractivity contribution in [2.24, 2.45) is 0 Å². The summed E-state index contributed by atoms with van der Waals surface area (Å²) in [6, 6.07) is 12.7. The maximum atomic E-state index is 12.7. The Morgan fingerprint density at radius 1 is 1.10 bits per heavy atom. The Bertz CT molecular complexity index is 892. The normalized spacial score (nSPS) is 14.6. The summed E-state index contributed by atoms with van der Waals surface area (Å²) in [5.41, 5.74) is 1.92. The molecule has 0 spiro atoms. The number of hydrogen-bond acceptors (Lipinski definition) is 3. The zero-order valence-electron chi connectivity index (χ0n) is 17.2. The highest BCUT2D eigenvalue weighted by Gasteiger charge is 2.24. The molecule has 160 valence electrons. The Morgan fingerprint density at radius 3 is 2.37 bits per heavy atom. The highest BCUT2D eigenvalue weighted by Crippen LogP contribution is 2.27. The number of halogens is 2. The van der Waals surface area contributed by atoms with Crippen molar-refractivity contribution in [3.05, 3.63) is 63.6 Å². The van der Waals surface area contributed by atoms with E-state index in [9.17, 15) is 9.59 Å². The summed E-state index contributed by atoms with van der Waals surface area (Å²) >= 11 is 11.9. The molecule has 0 atom stereocenters. The van der Waals surface area contributed by atoms with Crippen LogP contribution in [0.2, 0.25) is 10.0 Å². The quantitative estimate of drug-likeness (QED) is 0.682. The van der Waals surface area contributed by atoms with E-state index in [1.54, 1.807) is 18.2 Å². The molecular formula is C23H26Cl2N2O3. The fraction of sp³-hybridized carbons (Fsp3) is 0.391. The molecule has 30 heavy (non-hydrogen) atoms. The molecule has 0 bridgehead atoms. The van der Waals surface area contributed by atoms with Crippen LogP contribution in [0.5, 0.6) is 5.75 Å². The van der Waals surface area contributed by atoms with E-state index in [0.717, 1.165) is 0 Å². The number of nitrogens with zero attached hydrogens (tertiary/aromatic N) is 1. The average Bonchev–Trinajstić information content (AvgIpc) is 2.73. The number of rotatable bonds is 6. The van der Waals surface area contributed by atoms with Crippen LogP contribution in [0.15, 0.2) is 42.5 Å². The number of likely N-dealkylation sites (tertiary alicyclic amines) is 1. The van der Waals surface area contributed by atoms with Crippen LogP contribution in [0.4, 0.5) is 0 Å². The fourth-order valence-corrected chi connectivity index (χ4v) is 3.89. The van der Waals surface area contributed by atoms with Crippen molar-refractivity contribution in [2.45, 2.75) is 38.6 Å². The van der Waals surface area contributed by atoms with E-state index < -0.39 is 0 Å². The van der Waals surface area contributed by atoms with Crippen molar-refractivity contribution in [3.63, 3.8) is 0 Å². The Hall–Kier alpha value is -2.24. The molecule has 5 nitrogen and oxygen atoms in total. The molecule has 2 amide bonds. The van der Waals surface area contributed by atoms with Crippen LogP contribution in [0.3, 0.4) is 0 Å². The van der Waals surface area contributed by atoms with Gasteiger partial charge in [-0.2, -0.15) is 0 Å². The predicted octanol–water partition coefficient (Wildman–Crippen LogP) is 4.92. The third-order valence-electron chi connectivity index (χ3n) is 5.22. The Labute approximate surface area is 187 Å². The number of carbonyl (C=O) groups excluding carboxylic acids is 2. The van der Waals surface area contributed by atoms with Crippen LogP contribution in [0, 0.1) is 0 Å². The van der Waals surface area contributed by atoms with E-state index in [-0.39, 0.29) is 24.5 Å². The molecule has 1 fully saturated rings. The van der Waals surface area contributed by atoms with Crippen molar-refractivity contribution < 1.29 is 14.3 Å². The summed E-state index contributed by atoms with van der Waals surface area (Å²) in [5.74, 6) is 0.680. The lowest BCUT2D eigenvalue weighted by Crippen LogP contribution is -2.47. The van der Waals surface area contributed by atoms with Gasteiger partial charge in [-0.15, -0.1) is 0 Å². The molecular weight excluding hydrogens is 423 g/mol. The van der Waals surface area contributed by atoms with Gasteiger partial charge < -0.3 is 15.0 Å². The Morgan fingerprint density at radius 2 is 1.77 bits per heavy atom. The van der Waals surface area contributed by atoms with Crippen molar-refractivity contribution >= 4 is 35.0 Å². The average molecular weight is 449 g/mol. The monoisotopic (exact) mass is 448 g/mol. The summed E-state index contributed by atoms with van der Waals surface area (Å²) in [6.07, 6.45) is 1.42. The number of benzene rings is 2. The summed E-state index contributed by atoms with van der Waals surface area (Å²) in [7, 11) is 0. The minimum absolute atomic E-state index is 0.0224. The second kappa shape index (κ2) is 10.2. The molecule has 0 saturated carbocycles. The van der Waals surface area contributed by atoms with Crippen LogP contribution in [-0.4, -0.2) is 42.5 Å². The van der Waals surface area contributed by atoms with Gasteiger partial charge in [-0.05, 0) is 54.7 Å². The molecule has 2 aromatic carbocycles. The molecule has 0 unspecified atom stereocenters. The van der Waals surface area contributed by atoms with E-state index in [0.29, 0.717) is 53.2 Å². The highest BCUT2D eigenvalue weighted by molar-refractivity contribution is 6.35. The molecule has 1 aliphatic rings. The maximum Gasteiger partial charge on any atom is 0.258 e. The first-order valence-electron chi connectivity index (χ1n) is 10.1. The smallest absolute Gasteiger partial charge is 0.258 e. The van der Waals surface area contributed by atoms with Gasteiger partial charge >= 0.3 is 0 Å². The van der Waals surface area contributed by atoms with Gasteiger partial charge in [0.1, 0.15) is 5.75 Å². The molecule has 1 heterocycles. The standard InChI is InChI=1S/C23H26Cl2N2O3/c1-15(2)16-3-5-17(6-4-16)23(29)27-11-9-19(10-12-27)26-22(28)14-30-21-8-7-18(24)13-20(21)25/h3-8,13,15,19H,9-12,14H2,1-2H3,(H,26,28). The minimum atomic E-state index is -0.213. The lowest BCUT2D eigenvalue weighted by atomic mass is 10.0. The lowest BCUT2D eigenvalue weighted by Gasteiger charge is -2.32. The molecule has 2 aromatic rings. The van der Waals surface area contributed by atoms with Crippen LogP contribution in [0.1, 0.15) is 48.5 Å². The molecule has 0 aromatic heterocycles. The third kappa shape index (κ3) is 5.89. The zero-order chi connectivity index (χ0) is 21.7. The summed E-state index contributed by atoms with van der Waals surface area (Å²) in [6.45, 7) is 5.36. The largest absolute Gasteiger partial charge is 0.482 e. The number of ether oxygens (including phenoxy) is 1. The van der Waals surface area contributed by atoms with Gasteiger partial charge in [0.25, 0.3) is 11.8 Å². The van der Waals surface area contributed by atoms with E-state index >= 15 is 0 Å². The van der Waals surface area contributed by atoms with E-state index in [2.05, 4.69) is 19.2 Å². The molecule has 1 aliphatic heterocycles. The van der Waals surface area contributed by atoms with Crippen molar-refractivity contribution in [1.29, 1.82) is 0 Å². The Balaban J connectivity index is 1.44. The van der Waals surface area contributed by atoms with E-state index in [1.165, 1.54) is 5.56 Å². The molecule has 1 N–H and O–H groups in total. The molecule has 7 heteroatoms. The summed E-state index contributed by atoms with van der Waals surface area (Å²) < 4.78 is 5.47. The molecule has 0 aliphatic carbocycles. The molecule has 1 saturated heterocycles. The van der Waals surface area contributed by atoms with Gasteiger partial charge in [-0.25, -0.2) is 0 Å². The second-order valence-corrected chi connectivity index (χ2v) is 8.62. The topological polar surface area (TPSA) is 58.6 Å². The highest BCUT2D eigenvalue weighted by atomic mass is 35.5. The fourth-order valence-electron chi connectivity index (χ4n) is 3.42. The second-order valence-electron chi connectivity index (χ2n) is 7.77. The molecule has 0 radical (unpaired) electrons. The maximum absolute atomic E-state index is 12.7. The van der Waals surface area contributed by atoms with Crippen molar-refractivity contribution in [2.75, 3.05) is 19.7 Å². The Kier molecular flexibility index (Phi) is 7.62. The lowest BCUT2D eigenvalue weighted by molar-refractivity contribution is -0.124. The van der Waals surface area contributed by atoms with Crippen LogP contribution < -0.4 is 10.1 Å². The van der Waals surface area contributed by atoms with Gasteiger partial charge in [-0.3, -0.25) is 9.59 Å². The first-order valence-corrected chi connectivity index (χ1v) is 10.9. The van der Waals surface area contributed by atoms with Gasteiger partial charge in [0.15, 0.2) is 6.61 Å². The molecule has 3 rings (SSSR count). The van der Waals surface area contributed by atoms with Crippen LogP contribution in [0.25, 0.3) is 0 Å². The number of amides is 2. The zero-order valence-corrected chi connectivity index (χ0v) is 18.7. The number of piperidine rings is 1. The summed E-state index contributed by atoms with van der Waals surface area (Å²) in [5, 5.41) is 3.84. The van der Waals surface area contributed by atoms with Gasteiger partial charge in [0.2, 0.25) is 0 Å². The third-order valence-corrected chi connectivity index (χ3v) is 5.75. The van der Waals surface area contributed by atoms with Crippen LogP contribution >= 0.6 is 23.2 Å². The van der Waals surface area contributed by atoms with E-state index in [1.807, 2.05) is 29.2 Å². The van der Waals surface area contributed by atoms with Gasteiger partial charge in [-0.1, -0.05) is 49.2 Å². The SMILES string of the molecule is CC(C)c1ccc(C(=O)N2CCC(NC(=O)COc3ccc(Cl)cc3Cl)CC2)cc1. The predicted molar refractivity (Wildman–Crippen MR) is 120 cm³/mol. The minimum Gasteiger partial charge on any atom is -0.482 e. The van der Waals surface area contributed by atoms with E-state index in [4.69, 9.17) is 27.9 Å². The van der Waals surface area contributed by atoms with Gasteiger partial charge in [0.05, 0.1) is 5.02 Å². The number of hydrogen-bond donors (Lipinski definition) is 1. The van der Waals surface area contributed by atoms with Crippen molar-refractivity contribution in [1.82, 2.24) is 10.2 Å². The number of nitrogens with one attached hydrogen (secondary N) is 1. The van der Waals surface area contributed by atoms with Crippen molar-refractivity contribution in [3.8, 4) is 5.75 Å².